The number of ether oxygens (including phenoxy) is 1. The van der Waals surface area contributed by atoms with Crippen LogP contribution in [0.15, 0.2) is 47.4 Å². The molecule has 1 aromatic heterocycles. The largest absolute Gasteiger partial charge is 0.379 e. The number of amides is 1. The van der Waals surface area contributed by atoms with Gasteiger partial charge in [0.2, 0.25) is 15.9 Å². The summed E-state index contributed by atoms with van der Waals surface area (Å²) in [5.74, 6) is 0.269. The third kappa shape index (κ3) is 5.23. The predicted molar refractivity (Wildman–Crippen MR) is 122 cm³/mol. The molecule has 3 aromatic rings. The van der Waals surface area contributed by atoms with E-state index in [1.54, 1.807) is 36.4 Å². The Morgan fingerprint density at radius 2 is 1.91 bits per heavy atom. The fourth-order valence-corrected chi connectivity index (χ4v) is 5.33. The van der Waals surface area contributed by atoms with Crippen LogP contribution < -0.4 is 5.32 Å². The molecule has 2 aromatic carbocycles. The van der Waals surface area contributed by atoms with Crippen molar-refractivity contribution < 1.29 is 22.3 Å². The van der Waals surface area contributed by atoms with Gasteiger partial charge in [0, 0.05) is 39.5 Å². The number of imidazole rings is 1. The Morgan fingerprint density at radius 3 is 2.67 bits per heavy atom. The summed E-state index contributed by atoms with van der Waals surface area (Å²) in [4.78, 5) is 17.0. The third-order valence-corrected chi connectivity index (χ3v) is 7.70. The Hall–Kier alpha value is -2.82. The van der Waals surface area contributed by atoms with Crippen molar-refractivity contribution in [3.63, 3.8) is 0 Å². The van der Waals surface area contributed by atoms with Gasteiger partial charge in [0.05, 0.1) is 29.1 Å². The normalized spacial score (nSPS) is 15.1. The Morgan fingerprint density at radius 1 is 1.15 bits per heavy atom. The zero-order chi connectivity index (χ0) is 23.4. The number of nitrogens with one attached hydrogen (secondary N) is 1. The summed E-state index contributed by atoms with van der Waals surface area (Å²) < 4.78 is 48.0. The molecule has 0 spiro atoms. The van der Waals surface area contributed by atoms with E-state index in [0.717, 1.165) is 5.52 Å². The van der Waals surface area contributed by atoms with E-state index in [-0.39, 0.29) is 23.0 Å². The molecule has 0 aliphatic carbocycles. The number of sulfonamides is 1. The smallest absolute Gasteiger partial charge is 0.243 e. The standard InChI is InChI=1S/C23H27FN4O4S/c1-27-21-7-6-18(33(30,31)28-12-14-32-15-13-28)16-20(21)26-22(27)8-9-23(29)25-11-10-17-4-2-3-5-19(17)24/h2-7,16H,8-15H2,1H3,(H,25,29). The van der Waals surface area contributed by atoms with Crippen molar-refractivity contribution in [1.29, 1.82) is 0 Å². The van der Waals surface area contributed by atoms with Gasteiger partial charge in [0.25, 0.3) is 0 Å². The number of rotatable bonds is 8. The van der Waals surface area contributed by atoms with E-state index in [2.05, 4.69) is 10.3 Å². The van der Waals surface area contributed by atoms with Crippen molar-refractivity contribution in [3.05, 3.63) is 59.7 Å². The van der Waals surface area contributed by atoms with Crippen molar-refractivity contribution in [2.24, 2.45) is 7.05 Å². The van der Waals surface area contributed by atoms with Gasteiger partial charge in [-0.15, -0.1) is 0 Å². The number of halogens is 1. The molecule has 176 valence electrons. The Kier molecular flexibility index (Phi) is 7.06. The summed E-state index contributed by atoms with van der Waals surface area (Å²) in [6.07, 6.45) is 1.06. The molecule has 0 saturated carbocycles. The van der Waals surface area contributed by atoms with E-state index in [1.807, 2.05) is 11.6 Å². The number of hydrogen-bond donors (Lipinski definition) is 1. The molecular weight excluding hydrogens is 447 g/mol. The van der Waals surface area contributed by atoms with Gasteiger partial charge in [-0.1, -0.05) is 18.2 Å². The minimum Gasteiger partial charge on any atom is -0.379 e. The molecule has 33 heavy (non-hydrogen) atoms. The molecule has 4 rings (SSSR count). The lowest BCUT2D eigenvalue weighted by molar-refractivity contribution is -0.121. The molecule has 0 atom stereocenters. The van der Waals surface area contributed by atoms with E-state index in [0.29, 0.717) is 62.6 Å². The summed E-state index contributed by atoms with van der Waals surface area (Å²) in [6, 6.07) is 11.4. The van der Waals surface area contributed by atoms with Crippen LogP contribution in [0, 0.1) is 5.82 Å². The van der Waals surface area contributed by atoms with E-state index >= 15 is 0 Å². The zero-order valence-electron chi connectivity index (χ0n) is 18.5. The quantitative estimate of drug-likeness (QED) is 0.539. The minimum absolute atomic E-state index is 0.144. The number of nitrogens with zero attached hydrogens (tertiary/aromatic N) is 3. The number of aromatic nitrogens is 2. The lowest BCUT2D eigenvalue weighted by atomic mass is 10.1. The Balaban J connectivity index is 1.38. The fourth-order valence-electron chi connectivity index (χ4n) is 3.90. The second-order valence-electron chi connectivity index (χ2n) is 7.95. The SMILES string of the molecule is Cn1c(CCC(=O)NCCc2ccccc2F)nc2cc(S(=O)(=O)N3CCOCC3)ccc21. The summed E-state index contributed by atoms with van der Waals surface area (Å²) in [6.45, 7) is 1.79. The van der Waals surface area contributed by atoms with Crippen molar-refractivity contribution >= 4 is 27.0 Å². The van der Waals surface area contributed by atoms with Crippen LogP contribution in [0.1, 0.15) is 17.8 Å². The molecule has 1 amide bonds. The molecule has 1 fully saturated rings. The average Bonchev–Trinajstić information content (AvgIpc) is 3.14. The van der Waals surface area contributed by atoms with Crippen molar-refractivity contribution in [2.45, 2.75) is 24.2 Å². The van der Waals surface area contributed by atoms with Crippen molar-refractivity contribution in [2.75, 3.05) is 32.8 Å². The molecular formula is C23H27FN4O4S. The first-order valence-electron chi connectivity index (χ1n) is 10.9. The van der Waals surface area contributed by atoms with Gasteiger partial charge in [-0.3, -0.25) is 4.79 Å². The van der Waals surface area contributed by atoms with Crippen LogP contribution >= 0.6 is 0 Å². The number of aryl methyl sites for hydroxylation is 2. The average molecular weight is 475 g/mol. The minimum atomic E-state index is -3.61. The maximum atomic E-state index is 13.7. The molecule has 10 heteroatoms. The van der Waals surface area contributed by atoms with Crippen LogP contribution in [-0.2, 0) is 39.4 Å². The van der Waals surface area contributed by atoms with Crippen LogP contribution in [0.5, 0.6) is 0 Å². The maximum Gasteiger partial charge on any atom is 0.243 e. The molecule has 1 N–H and O–H groups in total. The van der Waals surface area contributed by atoms with Crippen LogP contribution in [0.3, 0.4) is 0 Å². The highest BCUT2D eigenvalue weighted by molar-refractivity contribution is 7.89. The lowest BCUT2D eigenvalue weighted by Gasteiger charge is -2.26. The first-order valence-corrected chi connectivity index (χ1v) is 12.3. The fraction of sp³-hybridized carbons (Fsp3) is 0.391. The summed E-state index contributed by atoms with van der Waals surface area (Å²) >= 11 is 0. The highest BCUT2D eigenvalue weighted by Crippen LogP contribution is 2.23. The highest BCUT2D eigenvalue weighted by atomic mass is 32.2. The molecule has 1 aliphatic heterocycles. The van der Waals surface area contributed by atoms with Crippen LogP contribution in [-0.4, -0.2) is 61.0 Å². The second kappa shape index (κ2) is 9.98. The van der Waals surface area contributed by atoms with Gasteiger partial charge in [-0.25, -0.2) is 17.8 Å². The van der Waals surface area contributed by atoms with Crippen LogP contribution in [0.4, 0.5) is 4.39 Å². The van der Waals surface area contributed by atoms with Crippen LogP contribution in [0.25, 0.3) is 11.0 Å². The van der Waals surface area contributed by atoms with Crippen molar-refractivity contribution in [1.82, 2.24) is 19.2 Å². The first kappa shape index (κ1) is 23.3. The van der Waals surface area contributed by atoms with Gasteiger partial charge < -0.3 is 14.6 Å². The highest BCUT2D eigenvalue weighted by Gasteiger charge is 2.27. The maximum absolute atomic E-state index is 13.7. The Labute approximate surface area is 192 Å². The molecule has 1 saturated heterocycles. The van der Waals surface area contributed by atoms with Gasteiger partial charge in [0.15, 0.2) is 0 Å². The first-order chi connectivity index (χ1) is 15.9. The number of benzene rings is 2. The van der Waals surface area contributed by atoms with E-state index in [1.165, 1.54) is 10.4 Å². The number of carbonyl (C=O) groups excluding carboxylic acids is 1. The van der Waals surface area contributed by atoms with E-state index in [9.17, 15) is 17.6 Å². The number of hydrogen-bond acceptors (Lipinski definition) is 5. The lowest BCUT2D eigenvalue weighted by Crippen LogP contribution is -2.40. The molecule has 1 aliphatic rings. The monoisotopic (exact) mass is 474 g/mol. The molecule has 2 heterocycles. The third-order valence-electron chi connectivity index (χ3n) is 5.80. The predicted octanol–water partition coefficient (Wildman–Crippen LogP) is 2.02. The number of fused-ring (bicyclic) bond motifs is 1. The number of morpholine rings is 1. The van der Waals surface area contributed by atoms with E-state index < -0.39 is 10.0 Å². The second-order valence-corrected chi connectivity index (χ2v) is 9.88. The van der Waals surface area contributed by atoms with E-state index in [4.69, 9.17) is 4.74 Å². The van der Waals surface area contributed by atoms with Crippen LogP contribution in [0.2, 0.25) is 0 Å². The van der Waals surface area contributed by atoms with Gasteiger partial charge in [0.1, 0.15) is 11.6 Å². The van der Waals surface area contributed by atoms with Crippen molar-refractivity contribution in [3.8, 4) is 0 Å². The molecule has 8 nitrogen and oxygen atoms in total. The zero-order valence-corrected chi connectivity index (χ0v) is 19.3. The summed E-state index contributed by atoms with van der Waals surface area (Å²) in [5, 5.41) is 2.81. The Bertz CT molecular complexity index is 1250. The molecule has 0 unspecified atom stereocenters. The summed E-state index contributed by atoms with van der Waals surface area (Å²) in [7, 11) is -1.76. The molecule has 0 bridgehead atoms. The van der Waals surface area contributed by atoms with Gasteiger partial charge in [-0.05, 0) is 36.2 Å². The van der Waals surface area contributed by atoms with Gasteiger partial charge in [-0.2, -0.15) is 4.31 Å². The summed E-state index contributed by atoms with van der Waals surface area (Å²) in [5.41, 5.74) is 1.93. The van der Waals surface area contributed by atoms with Gasteiger partial charge >= 0.3 is 0 Å². The topological polar surface area (TPSA) is 93.5 Å². The molecule has 0 radical (unpaired) electrons. The number of carbonyl (C=O) groups is 1.